The van der Waals surface area contributed by atoms with Gasteiger partial charge in [0.1, 0.15) is 0 Å². The number of allylic oxidation sites excluding steroid dienone is 2. The van der Waals surface area contributed by atoms with E-state index in [0.29, 0.717) is 5.92 Å². The van der Waals surface area contributed by atoms with Crippen molar-refractivity contribution in [1.82, 2.24) is 0 Å². The van der Waals surface area contributed by atoms with Crippen molar-refractivity contribution < 1.29 is 4.79 Å². The molecule has 0 heterocycles. The number of hydrogen-bond acceptors (Lipinski definition) is 1. The zero-order valence-corrected chi connectivity index (χ0v) is 14.7. The lowest BCUT2D eigenvalue weighted by atomic mass is 9.81. The quantitative estimate of drug-likeness (QED) is 0.643. The van der Waals surface area contributed by atoms with Gasteiger partial charge >= 0.3 is 0 Å². The average molecular weight is 316 g/mol. The van der Waals surface area contributed by atoms with Gasteiger partial charge in [0.25, 0.3) is 0 Å². The predicted molar refractivity (Wildman–Crippen MR) is 102 cm³/mol. The second-order valence-corrected chi connectivity index (χ2v) is 7.00. The number of aryl methyl sites for hydroxylation is 2. The molecule has 0 atom stereocenters. The second-order valence-electron chi connectivity index (χ2n) is 7.00. The summed E-state index contributed by atoms with van der Waals surface area (Å²) in [5, 5.41) is 0. The molecule has 24 heavy (non-hydrogen) atoms. The Hall–Kier alpha value is -2.41. The second kappa shape index (κ2) is 7.00. The minimum atomic E-state index is 0.203. The molecular formula is C23H24O. The first kappa shape index (κ1) is 16.4. The molecule has 0 amide bonds. The Morgan fingerprint density at radius 2 is 1.12 bits per heavy atom. The number of rotatable bonds is 2. The summed E-state index contributed by atoms with van der Waals surface area (Å²) < 4.78 is 0. The number of Topliss-reactive ketones (excluding diaryl/α,β-unsaturated/α-hetero) is 1. The largest absolute Gasteiger partial charge is 0.289 e. The van der Waals surface area contributed by atoms with Crippen LogP contribution in [0.15, 0.2) is 59.7 Å². The van der Waals surface area contributed by atoms with Gasteiger partial charge in [-0.3, -0.25) is 4.79 Å². The monoisotopic (exact) mass is 316 g/mol. The van der Waals surface area contributed by atoms with Crippen molar-refractivity contribution in [2.45, 2.75) is 33.6 Å². The van der Waals surface area contributed by atoms with E-state index in [2.05, 4.69) is 81.5 Å². The number of carbonyl (C=O) groups excluding carboxylic acids is 1. The number of ketones is 1. The van der Waals surface area contributed by atoms with Crippen LogP contribution in [-0.4, -0.2) is 5.78 Å². The molecule has 0 aliphatic heterocycles. The van der Waals surface area contributed by atoms with Crippen LogP contribution in [0.2, 0.25) is 0 Å². The molecule has 0 N–H and O–H groups in total. The first-order valence-electron chi connectivity index (χ1n) is 8.60. The van der Waals surface area contributed by atoms with Gasteiger partial charge in [-0.1, -0.05) is 66.6 Å². The summed E-state index contributed by atoms with van der Waals surface area (Å²) in [7, 11) is 0. The number of benzene rings is 2. The molecule has 0 bridgehead atoms. The van der Waals surface area contributed by atoms with E-state index in [1.54, 1.807) is 0 Å². The molecule has 1 saturated carbocycles. The highest BCUT2D eigenvalue weighted by Crippen LogP contribution is 2.32. The topological polar surface area (TPSA) is 17.1 Å². The Morgan fingerprint density at radius 1 is 0.750 bits per heavy atom. The van der Waals surface area contributed by atoms with Gasteiger partial charge in [-0.05, 0) is 55.9 Å². The molecule has 3 rings (SSSR count). The number of hydrogen-bond donors (Lipinski definition) is 0. The fourth-order valence-corrected chi connectivity index (χ4v) is 3.19. The third kappa shape index (κ3) is 3.91. The summed E-state index contributed by atoms with van der Waals surface area (Å²) in [5.41, 5.74) is 6.54. The van der Waals surface area contributed by atoms with Crippen molar-refractivity contribution in [3.63, 3.8) is 0 Å². The maximum Gasteiger partial charge on any atom is 0.185 e. The Bertz CT molecular complexity index is 721. The molecule has 0 spiro atoms. The highest BCUT2D eigenvalue weighted by molar-refractivity contribution is 6.14. The van der Waals surface area contributed by atoms with Gasteiger partial charge in [0.2, 0.25) is 0 Å². The van der Waals surface area contributed by atoms with Gasteiger partial charge in [-0.25, -0.2) is 0 Å². The Kier molecular flexibility index (Phi) is 4.80. The smallest absolute Gasteiger partial charge is 0.185 e. The molecule has 0 saturated heterocycles. The van der Waals surface area contributed by atoms with E-state index in [9.17, 15) is 4.79 Å². The molecular weight excluding hydrogens is 292 g/mol. The molecule has 0 radical (unpaired) electrons. The molecule has 0 aromatic heterocycles. The third-order valence-corrected chi connectivity index (χ3v) is 4.56. The van der Waals surface area contributed by atoms with Gasteiger partial charge in [-0.2, -0.15) is 0 Å². The molecule has 1 nitrogen and oxygen atoms in total. The maximum atomic E-state index is 12.9. The fraction of sp³-hybridized carbons (Fsp3) is 0.261. The summed E-state index contributed by atoms with van der Waals surface area (Å²) in [6, 6.07) is 16.7. The Balaban J connectivity index is 1.90. The van der Waals surface area contributed by atoms with Crippen molar-refractivity contribution in [2.75, 3.05) is 0 Å². The first-order chi connectivity index (χ1) is 11.5. The minimum Gasteiger partial charge on any atom is -0.289 e. The molecule has 2 aromatic carbocycles. The Morgan fingerprint density at radius 3 is 1.50 bits per heavy atom. The average Bonchev–Trinajstić information content (AvgIpc) is 2.56. The fourth-order valence-electron chi connectivity index (χ4n) is 3.19. The maximum absolute atomic E-state index is 12.9. The van der Waals surface area contributed by atoms with Crippen LogP contribution in [0.4, 0.5) is 0 Å². The summed E-state index contributed by atoms with van der Waals surface area (Å²) in [6.45, 7) is 6.37. The van der Waals surface area contributed by atoms with Crippen molar-refractivity contribution in [2.24, 2.45) is 5.92 Å². The lowest BCUT2D eigenvalue weighted by molar-refractivity contribution is -0.113. The highest BCUT2D eigenvalue weighted by atomic mass is 16.1. The van der Waals surface area contributed by atoms with Gasteiger partial charge in [0, 0.05) is 11.1 Å². The zero-order valence-electron chi connectivity index (χ0n) is 14.7. The van der Waals surface area contributed by atoms with Crippen molar-refractivity contribution in [3.8, 4) is 0 Å². The van der Waals surface area contributed by atoms with E-state index in [1.807, 2.05) is 0 Å². The van der Waals surface area contributed by atoms with Gasteiger partial charge in [0.15, 0.2) is 5.78 Å². The first-order valence-corrected chi connectivity index (χ1v) is 8.60. The lowest BCUT2D eigenvalue weighted by Gasteiger charge is -2.22. The van der Waals surface area contributed by atoms with Crippen LogP contribution in [0.3, 0.4) is 0 Å². The highest BCUT2D eigenvalue weighted by Gasteiger charge is 2.25. The van der Waals surface area contributed by atoms with Gasteiger partial charge < -0.3 is 0 Å². The van der Waals surface area contributed by atoms with E-state index in [-0.39, 0.29) is 5.78 Å². The molecule has 122 valence electrons. The van der Waals surface area contributed by atoms with Gasteiger partial charge in [-0.15, -0.1) is 0 Å². The van der Waals surface area contributed by atoms with Crippen LogP contribution < -0.4 is 0 Å². The SMILES string of the molecule is Cc1ccc(/C=C2\CC(C)C/C(=C\c3ccc(C)cc3)C2=O)cc1. The molecule has 1 heteroatoms. The molecule has 1 aliphatic rings. The zero-order chi connectivity index (χ0) is 17.1. The molecule has 2 aromatic rings. The standard InChI is InChI=1S/C23H24O/c1-16-4-8-19(9-5-16)14-21-12-18(3)13-22(23(21)24)15-20-10-6-17(2)7-11-20/h4-11,14-15,18H,12-13H2,1-3H3/b21-14+,22-15+. The van der Waals surface area contributed by atoms with Gasteiger partial charge in [0.05, 0.1) is 0 Å². The summed E-state index contributed by atoms with van der Waals surface area (Å²) in [5.74, 6) is 0.699. The third-order valence-electron chi connectivity index (χ3n) is 4.56. The van der Waals surface area contributed by atoms with Crippen molar-refractivity contribution in [3.05, 3.63) is 81.9 Å². The Labute approximate surface area is 144 Å². The van der Waals surface area contributed by atoms with E-state index < -0.39 is 0 Å². The molecule has 1 fully saturated rings. The molecule has 1 aliphatic carbocycles. The van der Waals surface area contributed by atoms with Crippen molar-refractivity contribution >= 4 is 17.9 Å². The van der Waals surface area contributed by atoms with Crippen molar-refractivity contribution in [1.29, 1.82) is 0 Å². The summed E-state index contributed by atoms with van der Waals surface area (Å²) in [6.07, 6.45) is 5.83. The van der Waals surface area contributed by atoms with Crippen LogP contribution in [0.1, 0.15) is 42.0 Å². The lowest BCUT2D eigenvalue weighted by Crippen LogP contribution is -2.18. The molecule has 0 unspecified atom stereocenters. The van der Waals surface area contributed by atoms with E-state index in [0.717, 1.165) is 35.1 Å². The summed E-state index contributed by atoms with van der Waals surface area (Å²) in [4.78, 5) is 12.9. The predicted octanol–water partition coefficient (Wildman–Crippen LogP) is 5.77. The summed E-state index contributed by atoms with van der Waals surface area (Å²) >= 11 is 0. The van der Waals surface area contributed by atoms with E-state index in [1.165, 1.54) is 11.1 Å². The normalized spacial score (nSPS) is 21.5. The number of carbonyl (C=O) groups is 1. The minimum absolute atomic E-state index is 0.203. The van der Waals surface area contributed by atoms with Crippen LogP contribution in [0, 0.1) is 19.8 Å². The van der Waals surface area contributed by atoms with E-state index >= 15 is 0 Å². The van der Waals surface area contributed by atoms with Crippen LogP contribution in [0.5, 0.6) is 0 Å². The van der Waals surface area contributed by atoms with Crippen LogP contribution in [-0.2, 0) is 4.79 Å². The van der Waals surface area contributed by atoms with Crippen LogP contribution in [0.25, 0.3) is 12.2 Å². The van der Waals surface area contributed by atoms with Crippen LogP contribution >= 0.6 is 0 Å². The van der Waals surface area contributed by atoms with E-state index in [4.69, 9.17) is 0 Å².